The first kappa shape index (κ1) is 14.3. The van der Waals surface area contributed by atoms with Gasteiger partial charge < -0.3 is 4.74 Å². The molecule has 0 spiro atoms. The lowest BCUT2D eigenvalue weighted by molar-refractivity contribution is 0.00691. The van der Waals surface area contributed by atoms with Gasteiger partial charge in [-0.1, -0.05) is 20.8 Å². The van der Waals surface area contributed by atoms with E-state index >= 15 is 0 Å². The Hall–Kier alpha value is -0.120. The van der Waals surface area contributed by atoms with E-state index in [2.05, 4.69) is 31.2 Å². The highest BCUT2D eigenvalue weighted by molar-refractivity contribution is 4.81. The predicted molar refractivity (Wildman–Crippen MR) is 75.3 cm³/mol. The fraction of sp³-hybridized carbons (Fsp3) is 1.00. The minimum Gasteiger partial charge on any atom is -0.379 e. The summed E-state index contributed by atoms with van der Waals surface area (Å²) in [5.41, 5.74) is 4.10. The van der Waals surface area contributed by atoms with Crippen LogP contribution in [0.4, 0.5) is 0 Å². The van der Waals surface area contributed by atoms with Gasteiger partial charge in [0.1, 0.15) is 0 Å². The number of rotatable bonds is 3. The van der Waals surface area contributed by atoms with Crippen molar-refractivity contribution in [1.29, 1.82) is 0 Å². The Kier molecular flexibility index (Phi) is 5.05. The zero-order chi connectivity index (χ0) is 13.0. The van der Waals surface area contributed by atoms with Crippen molar-refractivity contribution in [2.75, 3.05) is 32.8 Å². The molecule has 2 rings (SSSR count). The third-order valence-electron chi connectivity index (χ3n) is 4.69. The van der Waals surface area contributed by atoms with Crippen LogP contribution in [-0.2, 0) is 4.74 Å². The second-order valence-electron chi connectivity index (χ2n) is 7.05. The second-order valence-corrected chi connectivity index (χ2v) is 7.05. The largest absolute Gasteiger partial charge is 0.379 e. The Morgan fingerprint density at radius 3 is 2.22 bits per heavy atom. The van der Waals surface area contributed by atoms with Gasteiger partial charge in [-0.25, -0.2) is 5.01 Å². The number of nitrogens with one attached hydrogen (secondary N) is 1. The maximum atomic E-state index is 5.36. The number of hydrogen-bond donors (Lipinski definition) is 1. The van der Waals surface area contributed by atoms with Crippen LogP contribution >= 0.6 is 0 Å². The Balaban J connectivity index is 1.64. The molecule has 0 bridgehead atoms. The molecule has 3 heteroatoms. The van der Waals surface area contributed by atoms with Gasteiger partial charge >= 0.3 is 0 Å². The van der Waals surface area contributed by atoms with Gasteiger partial charge in [-0.2, -0.15) is 0 Å². The first-order valence-corrected chi connectivity index (χ1v) is 7.62. The number of nitrogens with zero attached hydrogens (tertiary/aromatic N) is 1. The third-order valence-corrected chi connectivity index (χ3v) is 4.69. The standard InChI is InChI=1S/C15H30N2O/c1-15(2,3)14-6-4-13(5-7-14)12-16-17-8-10-18-11-9-17/h13-14,16H,4-12H2,1-3H3. The van der Waals surface area contributed by atoms with Crippen molar-refractivity contribution in [3.05, 3.63) is 0 Å². The zero-order valence-corrected chi connectivity index (χ0v) is 12.4. The maximum absolute atomic E-state index is 5.36. The molecule has 2 fully saturated rings. The van der Waals surface area contributed by atoms with E-state index in [4.69, 9.17) is 4.74 Å². The molecule has 1 saturated heterocycles. The molecule has 0 aromatic rings. The fourth-order valence-electron chi connectivity index (χ4n) is 3.21. The van der Waals surface area contributed by atoms with Gasteiger partial charge in [0, 0.05) is 19.6 Å². The van der Waals surface area contributed by atoms with Crippen LogP contribution in [0.25, 0.3) is 0 Å². The molecule has 1 N–H and O–H groups in total. The van der Waals surface area contributed by atoms with E-state index in [0.717, 1.165) is 44.7 Å². The average Bonchev–Trinajstić information content (AvgIpc) is 2.37. The SMILES string of the molecule is CC(C)(C)C1CCC(CNN2CCOCC2)CC1. The highest BCUT2D eigenvalue weighted by Gasteiger charge is 2.29. The highest BCUT2D eigenvalue weighted by Crippen LogP contribution is 2.39. The van der Waals surface area contributed by atoms with Crippen molar-refractivity contribution < 1.29 is 4.74 Å². The van der Waals surface area contributed by atoms with Gasteiger partial charge in [-0.05, 0) is 42.9 Å². The first-order chi connectivity index (χ1) is 8.55. The summed E-state index contributed by atoms with van der Waals surface area (Å²) < 4.78 is 5.36. The summed E-state index contributed by atoms with van der Waals surface area (Å²) >= 11 is 0. The van der Waals surface area contributed by atoms with Crippen molar-refractivity contribution in [3.63, 3.8) is 0 Å². The lowest BCUT2D eigenvalue weighted by atomic mass is 9.70. The van der Waals surface area contributed by atoms with E-state index in [1.807, 2.05) is 0 Å². The molecule has 18 heavy (non-hydrogen) atoms. The summed E-state index contributed by atoms with van der Waals surface area (Å²) in [5, 5.41) is 2.33. The lowest BCUT2D eigenvalue weighted by Gasteiger charge is -2.38. The molecule has 1 aliphatic carbocycles. The average molecular weight is 254 g/mol. The van der Waals surface area contributed by atoms with Crippen LogP contribution in [0.15, 0.2) is 0 Å². The molecule has 0 aromatic carbocycles. The minimum atomic E-state index is 0.503. The molecule has 0 unspecified atom stereocenters. The van der Waals surface area contributed by atoms with Gasteiger partial charge in [-0.3, -0.25) is 5.43 Å². The predicted octanol–water partition coefficient (Wildman–Crippen LogP) is 2.68. The molecular weight excluding hydrogens is 224 g/mol. The molecule has 106 valence electrons. The topological polar surface area (TPSA) is 24.5 Å². The van der Waals surface area contributed by atoms with Gasteiger partial charge in [0.2, 0.25) is 0 Å². The molecule has 0 aromatic heterocycles. The highest BCUT2D eigenvalue weighted by atomic mass is 16.5. The van der Waals surface area contributed by atoms with Crippen molar-refractivity contribution in [2.45, 2.75) is 46.5 Å². The van der Waals surface area contributed by atoms with Crippen LogP contribution in [0.5, 0.6) is 0 Å². The number of morpholine rings is 1. The van der Waals surface area contributed by atoms with Crippen molar-refractivity contribution in [2.24, 2.45) is 17.3 Å². The summed E-state index contributed by atoms with van der Waals surface area (Å²) in [6, 6.07) is 0. The Labute approximate surface area is 112 Å². The smallest absolute Gasteiger partial charge is 0.0608 e. The molecule has 1 aliphatic heterocycles. The number of hydrogen-bond acceptors (Lipinski definition) is 3. The van der Waals surface area contributed by atoms with Gasteiger partial charge in [-0.15, -0.1) is 0 Å². The van der Waals surface area contributed by atoms with Crippen LogP contribution in [0.1, 0.15) is 46.5 Å². The summed E-state index contributed by atoms with van der Waals surface area (Å²) in [6.07, 6.45) is 5.64. The van der Waals surface area contributed by atoms with Gasteiger partial charge in [0.05, 0.1) is 13.2 Å². The summed E-state index contributed by atoms with van der Waals surface area (Å²) in [7, 11) is 0. The summed E-state index contributed by atoms with van der Waals surface area (Å²) in [4.78, 5) is 0. The van der Waals surface area contributed by atoms with E-state index in [-0.39, 0.29) is 0 Å². The molecule has 3 nitrogen and oxygen atoms in total. The van der Waals surface area contributed by atoms with Crippen LogP contribution in [0.2, 0.25) is 0 Å². The monoisotopic (exact) mass is 254 g/mol. The van der Waals surface area contributed by atoms with Crippen molar-refractivity contribution in [1.82, 2.24) is 10.4 Å². The Morgan fingerprint density at radius 2 is 1.67 bits per heavy atom. The normalized spacial score (nSPS) is 31.5. The summed E-state index contributed by atoms with van der Waals surface area (Å²) in [6.45, 7) is 12.2. The second kappa shape index (κ2) is 6.36. The lowest BCUT2D eigenvalue weighted by Crippen LogP contribution is -2.47. The molecule has 0 amide bonds. The third kappa shape index (κ3) is 4.22. The molecule has 1 heterocycles. The Morgan fingerprint density at radius 1 is 1.06 bits per heavy atom. The quantitative estimate of drug-likeness (QED) is 0.838. The van der Waals surface area contributed by atoms with Gasteiger partial charge in [0.25, 0.3) is 0 Å². The molecule has 0 atom stereocenters. The Bertz CT molecular complexity index is 235. The fourth-order valence-corrected chi connectivity index (χ4v) is 3.21. The van der Waals surface area contributed by atoms with E-state index in [0.29, 0.717) is 5.41 Å². The van der Waals surface area contributed by atoms with Crippen LogP contribution in [-0.4, -0.2) is 37.9 Å². The van der Waals surface area contributed by atoms with Gasteiger partial charge in [0.15, 0.2) is 0 Å². The molecular formula is C15H30N2O. The van der Waals surface area contributed by atoms with E-state index in [1.54, 1.807) is 0 Å². The first-order valence-electron chi connectivity index (χ1n) is 7.62. The van der Waals surface area contributed by atoms with E-state index in [9.17, 15) is 0 Å². The van der Waals surface area contributed by atoms with Crippen LogP contribution in [0, 0.1) is 17.3 Å². The summed E-state index contributed by atoms with van der Waals surface area (Å²) in [5.74, 6) is 1.81. The van der Waals surface area contributed by atoms with Crippen LogP contribution < -0.4 is 5.43 Å². The van der Waals surface area contributed by atoms with Crippen LogP contribution in [0.3, 0.4) is 0 Å². The molecule has 0 radical (unpaired) electrons. The number of hydrazine groups is 1. The van der Waals surface area contributed by atoms with E-state index < -0.39 is 0 Å². The minimum absolute atomic E-state index is 0.503. The maximum Gasteiger partial charge on any atom is 0.0608 e. The molecule has 1 saturated carbocycles. The molecule has 2 aliphatic rings. The van der Waals surface area contributed by atoms with E-state index in [1.165, 1.54) is 25.7 Å². The zero-order valence-electron chi connectivity index (χ0n) is 12.4. The number of ether oxygens (including phenoxy) is 1. The van der Waals surface area contributed by atoms with Crippen molar-refractivity contribution >= 4 is 0 Å². The van der Waals surface area contributed by atoms with Crippen molar-refractivity contribution in [3.8, 4) is 0 Å².